The summed E-state index contributed by atoms with van der Waals surface area (Å²) in [4.78, 5) is 26.8. The first-order chi connectivity index (χ1) is 13.5. The van der Waals surface area contributed by atoms with Crippen LogP contribution in [0.15, 0.2) is 42.5 Å². The number of likely N-dealkylation sites (tertiary alicyclic amines) is 1. The number of hydrogen-bond donors (Lipinski definition) is 2. The first-order valence-corrected chi connectivity index (χ1v) is 9.53. The summed E-state index contributed by atoms with van der Waals surface area (Å²) in [5.41, 5.74) is 5.10. The largest absolute Gasteiger partial charge is 0.497 e. The van der Waals surface area contributed by atoms with E-state index < -0.39 is 5.91 Å². The van der Waals surface area contributed by atoms with Crippen molar-refractivity contribution >= 4 is 11.8 Å². The molecule has 6 nitrogen and oxygen atoms in total. The molecule has 1 aliphatic heterocycles. The Labute approximate surface area is 164 Å². The van der Waals surface area contributed by atoms with Gasteiger partial charge in [-0.05, 0) is 66.6 Å². The number of hydroxylamine groups is 1. The Bertz CT molecular complexity index is 909. The van der Waals surface area contributed by atoms with E-state index in [9.17, 15) is 9.59 Å². The van der Waals surface area contributed by atoms with Gasteiger partial charge < -0.3 is 9.64 Å². The molecule has 2 amide bonds. The molecule has 1 fully saturated rings. The zero-order chi connectivity index (χ0) is 19.7. The number of rotatable bonds is 4. The van der Waals surface area contributed by atoms with Crippen LogP contribution >= 0.6 is 0 Å². The number of fused-ring (bicyclic) bond motifs is 1. The first-order valence-electron chi connectivity index (χ1n) is 9.53. The van der Waals surface area contributed by atoms with Crippen molar-refractivity contribution in [3.8, 4) is 5.75 Å². The first kappa shape index (κ1) is 18.5. The molecule has 0 radical (unpaired) electrons. The Morgan fingerprint density at radius 3 is 2.68 bits per heavy atom. The maximum absolute atomic E-state index is 13.2. The molecule has 0 saturated carbocycles. The monoisotopic (exact) mass is 380 g/mol. The fourth-order valence-corrected chi connectivity index (χ4v) is 4.45. The van der Waals surface area contributed by atoms with Crippen molar-refractivity contribution in [2.24, 2.45) is 5.41 Å². The van der Waals surface area contributed by atoms with Crippen molar-refractivity contribution in [2.75, 3.05) is 13.7 Å². The summed E-state index contributed by atoms with van der Waals surface area (Å²) in [6.45, 7) is 1.39. The standard InChI is InChI=1S/C22H24N2O4/c1-28-19-6-2-15(3-7-19)14-24-11-10-22(21(24)26)9-8-16-12-17(20(25)23-27)4-5-18(16)13-22/h2-7,12,27H,8-11,13-14H2,1H3,(H,23,25)/t22-/m0/s1. The summed E-state index contributed by atoms with van der Waals surface area (Å²) in [5, 5.41) is 8.82. The number of amides is 2. The van der Waals surface area contributed by atoms with Crippen LogP contribution < -0.4 is 10.2 Å². The van der Waals surface area contributed by atoms with Crippen LogP contribution in [0.3, 0.4) is 0 Å². The van der Waals surface area contributed by atoms with Gasteiger partial charge in [0, 0.05) is 18.7 Å². The van der Waals surface area contributed by atoms with Crippen molar-refractivity contribution in [3.05, 3.63) is 64.7 Å². The van der Waals surface area contributed by atoms with Crippen molar-refractivity contribution in [1.29, 1.82) is 0 Å². The maximum atomic E-state index is 13.2. The lowest BCUT2D eigenvalue weighted by molar-refractivity contribution is -0.137. The molecule has 1 heterocycles. The Hall–Kier alpha value is -2.86. The van der Waals surface area contributed by atoms with Gasteiger partial charge in [0.1, 0.15) is 5.75 Å². The molecule has 1 aliphatic carbocycles. The van der Waals surface area contributed by atoms with Crippen molar-refractivity contribution in [3.63, 3.8) is 0 Å². The summed E-state index contributed by atoms with van der Waals surface area (Å²) >= 11 is 0. The highest BCUT2D eigenvalue weighted by atomic mass is 16.5. The number of nitrogens with zero attached hydrogens (tertiary/aromatic N) is 1. The predicted molar refractivity (Wildman–Crippen MR) is 103 cm³/mol. The SMILES string of the molecule is COc1ccc(CN2CC[C@]3(CCc4cc(C(=O)NO)ccc4C3)C2=O)cc1. The van der Waals surface area contributed by atoms with Crippen molar-refractivity contribution in [2.45, 2.75) is 32.2 Å². The molecular formula is C22H24N2O4. The molecule has 4 rings (SSSR count). The molecule has 2 aromatic carbocycles. The molecule has 0 unspecified atom stereocenters. The second-order valence-corrected chi connectivity index (χ2v) is 7.71. The predicted octanol–water partition coefficient (Wildman–Crippen LogP) is 2.72. The van der Waals surface area contributed by atoms with E-state index in [4.69, 9.17) is 9.94 Å². The van der Waals surface area contributed by atoms with E-state index in [1.54, 1.807) is 18.7 Å². The van der Waals surface area contributed by atoms with Gasteiger partial charge in [0.2, 0.25) is 5.91 Å². The third-order valence-corrected chi connectivity index (χ3v) is 6.11. The summed E-state index contributed by atoms with van der Waals surface area (Å²) in [7, 11) is 1.64. The number of nitrogens with one attached hydrogen (secondary N) is 1. The molecule has 6 heteroatoms. The molecule has 0 bridgehead atoms. The zero-order valence-electron chi connectivity index (χ0n) is 15.9. The van der Waals surface area contributed by atoms with Gasteiger partial charge in [-0.2, -0.15) is 0 Å². The van der Waals surface area contributed by atoms with Crippen LogP contribution in [-0.2, 0) is 24.2 Å². The third-order valence-electron chi connectivity index (χ3n) is 6.11. The zero-order valence-corrected chi connectivity index (χ0v) is 15.9. The lowest BCUT2D eigenvalue weighted by atomic mass is 9.70. The second kappa shape index (κ2) is 7.28. The lowest BCUT2D eigenvalue weighted by Crippen LogP contribution is -2.38. The fourth-order valence-electron chi connectivity index (χ4n) is 4.45. The van der Waals surface area contributed by atoms with Crippen molar-refractivity contribution < 1.29 is 19.5 Å². The van der Waals surface area contributed by atoms with Crippen LogP contribution in [0, 0.1) is 5.41 Å². The van der Waals surface area contributed by atoms with Gasteiger partial charge in [-0.1, -0.05) is 18.2 Å². The van der Waals surface area contributed by atoms with Gasteiger partial charge in [-0.3, -0.25) is 14.8 Å². The van der Waals surface area contributed by atoms with Gasteiger partial charge in [-0.15, -0.1) is 0 Å². The van der Waals surface area contributed by atoms with E-state index in [0.29, 0.717) is 18.5 Å². The normalized spacial score (nSPS) is 20.9. The molecule has 2 aliphatic rings. The van der Waals surface area contributed by atoms with E-state index in [0.717, 1.165) is 48.2 Å². The highest BCUT2D eigenvalue weighted by Crippen LogP contribution is 2.44. The molecule has 2 N–H and O–H groups in total. The number of ether oxygens (including phenoxy) is 1. The van der Waals surface area contributed by atoms with Gasteiger partial charge in [0.25, 0.3) is 5.91 Å². The maximum Gasteiger partial charge on any atom is 0.274 e. The van der Waals surface area contributed by atoms with Gasteiger partial charge >= 0.3 is 0 Å². The molecule has 1 spiro atoms. The molecule has 1 saturated heterocycles. The topological polar surface area (TPSA) is 78.9 Å². The van der Waals surface area contributed by atoms with Gasteiger partial charge in [-0.25, -0.2) is 5.48 Å². The highest BCUT2D eigenvalue weighted by Gasteiger charge is 2.47. The third kappa shape index (κ3) is 3.24. The quantitative estimate of drug-likeness (QED) is 0.631. The summed E-state index contributed by atoms with van der Waals surface area (Å²) in [5.74, 6) is 0.531. The van der Waals surface area contributed by atoms with Crippen molar-refractivity contribution in [1.82, 2.24) is 10.4 Å². The van der Waals surface area contributed by atoms with Crippen LogP contribution in [0.2, 0.25) is 0 Å². The minimum absolute atomic E-state index is 0.228. The average molecular weight is 380 g/mol. The summed E-state index contributed by atoms with van der Waals surface area (Å²) < 4.78 is 5.19. The fraction of sp³-hybridized carbons (Fsp3) is 0.364. The molecule has 0 aromatic heterocycles. The Kier molecular flexibility index (Phi) is 4.81. The summed E-state index contributed by atoms with van der Waals surface area (Å²) in [6.07, 6.45) is 3.13. The number of carbonyl (C=O) groups is 2. The van der Waals surface area contributed by atoms with Gasteiger partial charge in [0.15, 0.2) is 0 Å². The summed E-state index contributed by atoms with van der Waals surface area (Å²) in [6, 6.07) is 13.3. The molecule has 146 valence electrons. The second-order valence-electron chi connectivity index (χ2n) is 7.71. The molecule has 2 aromatic rings. The Morgan fingerprint density at radius 2 is 1.96 bits per heavy atom. The van der Waals surface area contributed by atoms with E-state index in [1.165, 1.54) is 0 Å². The smallest absolute Gasteiger partial charge is 0.274 e. The van der Waals surface area contributed by atoms with Crippen LogP contribution in [0.4, 0.5) is 0 Å². The van der Waals surface area contributed by atoms with E-state index in [-0.39, 0.29) is 11.3 Å². The molecular weight excluding hydrogens is 356 g/mol. The van der Waals surface area contributed by atoms with E-state index in [1.807, 2.05) is 41.3 Å². The molecule has 28 heavy (non-hydrogen) atoms. The Morgan fingerprint density at radius 1 is 1.18 bits per heavy atom. The van der Waals surface area contributed by atoms with E-state index >= 15 is 0 Å². The minimum Gasteiger partial charge on any atom is -0.497 e. The van der Waals surface area contributed by atoms with E-state index in [2.05, 4.69) is 0 Å². The number of methoxy groups -OCH3 is 1. The number of carbonyl (C=O) groups excluding carboxylic acids is 2. The lowest BCUT2D eigenvalue weighted by Gasteiger charge is -2.33. The average Bonchev–Trinajstić information content (AvgIpc) is 3.03. The van der Waals surface area contributed by atoms with Gasteiger partial charge in [0.05, 0.1) is 12.5 Å². The number of benzene rings is 2. The highest BCUT2D eigenvalue weighted by molar-refractivity contribution is 5.93. The molecule has 1 atom stereocenters. The number of hydrogen-bond acceptors (Lipinski definition) is 4. The Balaban J connectivity index is 1.49. The van der Waals surface area contributed by atoms with Crippen LogP contribution in [0.25, 0.3) is 0 Å². The van der Waals surface area contributed by atoms with Crippen LogP contribution in [0.5, 0.6) is 5.75 Å². The van der Waals surface area contributed by atoms with Crippen LogP contribution in [-0.4, -0.2) is 35.6 Å². The van der Waals surface area contributed by atoms with Crippen LogP contribution in [0.1, 0.15) is 39.9 Å². The minimum atomic E-state index is -0.509. The number of aryl methyl sites for hydroxylation is 1.